The highest BCUT2D eigenvalue weighted by molar-refractivity contribution is 5.74. The monoisotopic (exact) mass is 322 g/mol. The van der Waals surface area contributed by atoms with Crippen molar-refractivity contribution in [3.05, 3.63) is 41.3 Å². The molecule has 1 aromatic heterocycles. The van der Waals surface area contributed by atoms with Crippen molar-refractivity contribution >= 4 is 6.03 Å². The van der Waals surface area contributed by atoms with Gasteiger partial charge in [0.25, 0.3) is 0 Å². The number of hydrogen-bond donors (Lipinski definition) is 2. The maximum absolute atomic E-state index is 13.4. The molecule has 0 unspecified atom stereocenters. The zero-order chi connectivity index (χ0) is 16.8. The Morgan fingerprint density at radius 1 is 1.43 bits per heavy atom. The van der Waals surface area contributed by atoms with E-state index in [-0.39, 0.29) is 12.6 Å². The van der Waals surface area contributed by atoms with Crippen molar-refractivity contribution in [3.63, 3.8) is 0 Å². The van der Waals surface area contributed by atoms with E-state index < -0.39 is 11.8 Å². The fraction of sp³-hybridized carbons (Fsp3) is 0.400. The maximum Gasteiger partial charge on any atom is 0.315 e. The van der Waals surface area contributed by atoms with E-state index >= 15 is 0 Å². The van der Waals surface area contributed by atoms with Crippen molar-refractivity contribution in [3.8, 4) is 5.75 Å². The average molecular weight is 322 g/mol. The van der Waals surface area contributed by atoms with Gasteiger partial charge in [0.05, 0.1) is 13.2 Å². The fourth-order valence-corrected chi connectivity index (χ4v) is 2.04. The second-order valence-electron chi connectivity index (χ2n) is 4.96. The third-order valence-corrected chi connectivity index (χ3v) is 3.19. The molecular weight excluding hydrogens is 303 g/mol. The first-order valence-corrected chi connectivity index (χ1v) is 7.19. The SMILES string of the molecule is CC[C@@H](NC(=O)NCc1cc(F)cc(OC)c1)c1noc(C)n1. The van der Waals surface area contributed by atoms with Gasteiger partial charge >= 0.3 is 6.03 Å². The molecule has 8 heteroatoms. The number of nitrogens with one attached hydrogen (secondary N) is 2. The number of urea groups is 1. The highest BCUT2D eigenvalue weighted by atomic mass is 19.1. The molecule has 0 spiro atoms. The summed E-state index contributed by atoms with van der Waals surface area (Å²) in [4.78, 5) is 16.1. The van der Waals surface area contributed by atoms with Crippen molar-refractivity contribution in [1.29, 1.82) is 0 Å². The molecule has 0 saturated carbocycles. The number of methoxy groups -OCH3 is 1. The van der Waals surface area contributed by atoms with Crippen LogP contribution < -0.4 is 15.4 Å². The van der Waals surface area contributed by atoms with E-state index in [1.54, 1.807) is 13.0 Å². The fourth-order valence-electron chi connectivity index (χ4n) is 2.04. The van der Waals surface area contributed by atoms with Crippen molar-refractivity contribution in [2.75, 3.05) is 7.11 Å². The summed E-state index contributed by atoms with van der Waals surface area (Å²) in [6.07, 6.45) is 0.611. The molecule has 7 nitrogen and oxygen atoms in total. The smallest absolute Gasteiger partial charge is 0.315 e. The third-order valence-electron chi connectivity index (χ3n) is 3.19. The summed E-state index contributed by atoms with van der Waals surface area (Å²) >= 11 is 0. The Morgan fingerprint density at radius 2 is 2.22 bits per heavy atom. The van der Waals surface area contributed by atoms with Crippen LogP contribution >= 0.6 is 0 Å². The number of aromatic nitrogens is 2. The number of carbonyl (C=O) groups excluding carboxylic acids is 1. The summed E-state index contributed by atoms with van der Waals surface area (Å²) in [7, 11) is 1.46. The van der Waals surface area contributed by atoms with Crippen LogP contribution in [0.1, 0.15) is 36.7 Å². The van der Waals surface area contributed by atoms with Gasteiger partial charge in [0.15, 0.2) is 5.82 Å². The Bertz CT molecular complexity index is 674. The third kappa shape index (κ3) is 4.67. The van der Waals surface area contributed by atoms with Crippen molar-refractivity contribution in [2.45, 2.75) is 32.9 Å². The van der Waals surface area contributed by atoms with E-state index in [9.17, 15) is 9.18 Å². The van der Waals surface area contributed by atoms with Gasteiger partial charge in [-0.1, -0.05) is 12.1 Å². The molecule has 0 radical (unpaired) electrons. The van der Waals surface area contributed by atoms with Crippen molar-refractivity contribution in [1.82, 2.24) is 20.8 Å². The lowest BCUT2D eigenvalue weighted by molar-refractivity contribution is 0.235. The van der Waals surface area contributed by atoms with E-state index in [1.165, 1.54) is 19.2 Å². The van der Waals surface area contributed by atoms with E-state index in [1.807, 2.05) is 6.92 Å². The van der Waals surface area contributed by atoms with E-state index in [4.69, 9.17) is 9.26 Å². The van der Waals surface area contributed by atoms with Crippen LogP contribution in [0.2, 0.25) is 0 Å². The molecule has 2 rings (SSSR count). The van der Waals surface area contributed by atoms with Crippen LogP contribution in [0.4, 0.5) is 9.18 Å². The zero-order valence-corrected chi connectivity index (χ0v) is 13.2. The first-order chi connectivity index (χ1) is 11.0. The largest absolute Gasteiger partial charge is 0.497 e. The number of nitrogens with zero attached hydrogens (tertiary/aromatic N) is 2. The summed E-state index contributed by atoms with van der Waals surface area (Å²) in [6, 6.07) is 3.51. The number of halogens is 1. The second-order valence-corrected chi connectivity index (χ2v) is 4.96. The molecule has 2 amide bonds. The Labute approximate surface area is 133 Å². The molecule has 0 aliphatic heterocycles. The first-order valence-electron chi connectivity index (χ1n) is 7.19. The van der Waals surface area contributed by atoms with Gasteiger partial charge in [0.2, 0.25) is 5.89 Å². The quantitative estimate of drug-likeness (QED) is 0.853. The minimum Gasteiger partial charge on any atom is -0.497 e. The highest BCUT2D eigenvalue weighted by Crippen LogP contribution is 2.16. The van der Waals surface area contributed by atoms with Crippen LogP contribution in [0.25, 0.3) is 0 Å². The van der Waals surface area contributed by atoms with Crippen LogP contribution in [0, 0.1) is 12.7 Å². The number of ether oxygens (including phenoxy) is 1. The topological polar surface area (TPSA) is 89.3 Å². The van der Waals surface area contributed by atoms with Gasteiger partial charge in [-0.2, -0.15) is 4.98 Å². The minimum absolute atomic E-state index is 0.168. The molecule has 124 valence electrons. The van der Waals surface area contributed by atoms with Gasteiger partial charge in [-0.3, -0.25) is 0 Å². The standard InChI is InChI=1S/C15H19FN4O3/c1-4-13(14-18-9(2)23-20-14)19-15(21)17-8-10-5-11(16)7-12(6-10)22-3/h5-7,13H,4,8H2,1-3H3,(H2,17,19,21)/t13-/m1/s1. The molecular formula is C15H19FN4O3. The zero-order valence-electron chi connectivity index (χ0n) is 13.2. The molecule has 0 aliphatic rings. The molecule has 1 aromatic carbocycles. The highest BCUT2D eigenvalue weighted by Gasteiger charge is 2.17. The molecule has 1 atom stereocenters. The Morgan fingerprint density at radius 3 is 2.83 bits per heavy atom. The summed E-state index contributed by atoms with van der Waals surface area (Å²) in [6.45, 7) is 3.75. The molecule has 1 heterocycles. The minimum atomic E-state index is -0.421. The first kappa shape index (κ1) is 16.7. The normalized spacial score (nSPS) is 11.8. The number of hydrogen-bond acceptors (Lipinski definition) is 5. The van der Waals surface area contributed by atoms with Crippen LogP contribution in [0.3, 0.4) is 0 Å². The van der Waals surface area contributed by atoms with Gasteiger partial charge in [0.1, 0.15) is 11.6 Å². The molecule has 23 heavy (non-hydrogen) atoms. The lowest BCUT2D eigenvalue weighted by atomic mass is 10.2. The predicted molar refractivity (Wildman–Crippen MR) is 80.4 cm³/mol. The van der Waals surface area contributed by atoms with Crippen LogP contribution in [0.5, 0.6) is 5.75 Å². The molecule has 0 bridgehead atoms. The molecule has 0 saturated heterocycles. The maximum atomic E-state index is 13.4. The van der Waals surface area contributed by atoms with Crippen LogP contribution in [0.15, 0.2) is 22.7 Å². The molecule has 0 fully saturated rings. The number of carbonyl (C=O) groups is 1. The Hall–Kier alpha value is -2.64. The number of aryl methyl sites for hydroxylation is 1. The summed E-state index contributed by atoms with van der Waals surface area (Å²) in [5.74, 6) is 0.839. The van der Waals surface area contributed by atoms with Gasteiger partial charge in [-0.15, -0.1) is 0 Å². The summed E-state index contributed by atoms with van der Waals surface area (Å²) in [5.41, 5.74) is 0.598. The average Bonchev–Trinajstić information content (AvgIpc) is 2.96. The van der Waals surface area contributed by atoms with Crippen molar-refractivity contribution in [2.24, 2.45) is 0 Å². The second kappa shape index (κ2) is 7.57. The van der Waals surface area contributed by atoms with Gasteiger partial charge in [0, 0.05) is 19.5 Å². The Balaban J connectivity index is 1.93. The van der Waals surface area contributed by atoms with E-state index in [2.05, 4.69) is 20.8 Å². The molecule has 2 aromatic rings. The molecule has 0 aliphatic carbocycles. The van der Waals surface area contributed by atoms with Crippen molar-refractivity contribution < 1.29 is 18.4 Å². The van der Waals surface area contributed by atoms with E-state index in [0.29, 0.717) is 29.4 Å². The lowest BCUT2D eigenvalue weighted by Crippen LogP contribution is -2.37. The molecule has 2 N–H and O–H groups in total. The van der Waals surface area contributed by atoms with E-state index in [0.717, 1.165) is 0 Å². The predicted octanol–water partition coefficient (Wildman–Crippen LogP) is 2.48. The summed E-state index contributed by atoms with van der Waals surface area (Å²) < 4.78 is 23.3. The van der Waals surface area contributed by atoms with Crippen LogP contribution in [-0.2, 0) is 6.54 Å². The van der Waals surface area contributed by atoms with Crippen LogP contribution in [-0.4, -0.2) is 23.3 Å². The number of amides is 2. The van der Waals surface area contributed by atoms with Gasteiger partial charge in [-0.05, 0) is 24.1 Å². The van der Waals surface area contributed by atoms with Gasteiger partial charge in [-0.25, -0.2) is 9.18 Å². The number of benzene rings is 1. The number of rotatable bonds is 6. The lowest BCUT2D eigenvalue weighted by Gasteiger charge is -2.14. The van der Waals surface area contributed by atoms with Gasteiger partial charge < -0.3 is 19.9 Å². The Kier molecular flexibility index (Phi) is 5.51. The summed E-state index contributed by atoms with van der Waals surface area (Å²) in [5, 5.41) is 9.21.